The lowest BCUT2D eigenvalue weighted by molar-refractivity contribution is 0.151. The van der Waals surface area contributed by atoms with Gasteiger partial charge in [0.25, 0.3) is 0 Å². The first-order valence-electron chi connectivity index (χ1n) is 7.64. The molecular weight excluding hydrogens is 317 g/mol. The lowest BCUT2D eigenvalue weighted by atomic mass is 9.69. The zero-order valence-corrected chi connectivity index (χ0v) is 14.0. The van der Waals surface area contributed by atoms with Gasteiger partial charge in [-0.2, -0.15) is 0 Å². The van der Waals surface area contributed by atoms with Crippen LogP contribution in [0.5, 0.6) is 0 Å². The Labute approximate surface area is 130 Å². The smallest absolute Gasteiger partial charge is 0.124 e. The fourth-order valence-corrected chi connectivity index (χ4v) is 4.07. The highest BCUT2D eigenvalue weighted by atomic mass is 79.9. The van der Waals surface area contributed by atoms with Crippen molar-refractivity contribution in [3.8, 4) is 0 Å². The molecule has 1 fully saturated rings. The Bertz CT molecular complexity index is 426. The van der Waals surface area contributed by atoms with Crippen LogP contribution in [0.2, 0.25) is 0 Å². The van der Waals surface area contributed by atoms with Crippen molar-refractivity contribution < 1.29 is 4.39 Å². The summed E-state index contributed by atoms with van der Waals surface area (Å²) in [6, 6.07) is 5.22. The van der Waals surface area contributed by atoms with Crippen LogP contribution in [0.15, 0.2) is 22.7 Å². The first kappa shape index (κ1) is 16.0. The Morgan fingerprint density at radius 1 is 1.25 bits per heavy atom. The summed E-state index contributed by atoms with van der Waals surface area (Å²) in [6.07, 6.45) is 4.69. The van der Waals surface area contributed by atoms with E-state index in [1.54, 1.807) is 6.07 Å². The van der Waals surface area contributed by atoms with E-state index in [2.05, 4.69) is 29.8 Å². The van der Waals surface area contributed by atoms with Gasteiger partial charge in [-0.3, -0.25) is 0 Å². The van der Waals surface area contributed by atoms with Gasteiger partial charge in [-0.25, -0.2) is 4.39 Å². The van der Waals surface area contributed by atoms with Crippen molar-refractivity contribution in [2.45, 2.75) is 39.5 Å². The van der Waals surface area contributed by atoms with Gasteiger partial charge in [-0.15, -0.1) is 0 Å². The van der Waals surface area contributed by atoms with Crippen molar-refractivity contribution in [3.63, 3.8) is 0 Å². The summed E-state index contributed by atoms with van der Waals surface area (Å²) in [5, 5.41) is 0. The van der Waals surface area contributed by atoms with Crippen LogP contribution in [0.3, 0.4) is 0 Å². The van der Waals surface area contributed by atoms with Crippen molar-refractivity contribution in [1.29, 1.82) is 0 Å². The van der Waals surface area contributed by atoms with E-state index in [4.69, 9.17) is 5.73 Å². The fraction of sp³-hybridized carbons (Fsp3) is 0.647. The van der Waals surface area contributed by atoms with Gasteiger partial charge in [0.15, 0.2) is 0 Å². The summed E-state index contributed by atoms with van der Waals surface area (Å²) in [5.41, 5.74) is 7.03. The van der Waals surface area contributed by atoms with E-state index in [-0.39, 0.29) is 5.82 Å². The topological polar surface area (TPSA) is 26.0 Å². The minimum atomic E-state index is -0.158. The Balaban J connectivity index is 2.11. The second kappa shape index (κ2) is 7.04. The lowest BCUT2D eigenvalue weighted by Gasteiger charge is -2.37. The second-order valence-electron chi connectivity index (χ2n) is 6.55. The predicted molar refractivity (Wildman–Crippen MR) is 86.0 cm³/mol. The van der Waals surface area contributed by atoms with Crippen LogP contribution >= 0.6 is 15.9 Å². The molecule has 0 spiro atoms. The van der Waals surface area contributed by atoms with Crippen LogP contribution in [0, 0.1) is 29.5 Å². The molecule has 3 atom stereocenters. The van der Waals surface area contributed by atoms with Crippen molar-refractivity contribution in [2.24, 2.45) is 29.4 Å². The quantitative estimate of drug-likeness (QED) is 0.837. The van der Waals surface area contributed by atoms with E-state index in [0.717, 1.165) is 34.8 Å². The number of nitrogens with two attached hydrogens (primary N) is 1. The molecule has 2 N–H and O–H groups in total. The minimum absolute atomic E-state index is 0.158. The highest BCUT2D eigenvalue weighted by Crippen LogP contribution is 2.39. The molecule has 3 unspecified atom stereocenters. The maximum Gasteiger partial charge on any atom is 0.124 e. The van der Waals surface area contributed by atoms with Gasteiger partial charge >= 0.3 is 0 Å². The molecule has 0 aliphatic heterocycles. The molecule has 1 aromatic rings. The third kappa shape index (κ3) is 4.05. The SMILES string of the molecule is CC(C)C1CCC(CN)C(Cc2cc(F)cc(Br)c2)C1. The Morgan fingerprint density at radius 2 is 2.00 bits per heavy atom. The molecule has 0 heterocycles. The van der Waals surface area contributed by atoms with E-state index >= 15 is 0 Å². The lowest BCUT2D eigenvalue weighted by Crippen LogP contribution is -2.33. The molecule has 1 nitrogen and oxygen atoms in total. The van der Waals surface area contributed by atoms with Gasteiger partial charge in [0.05, 0.1) is 0 Å². The van der Waals surface area contributed by atoms with Crippen molar-refractivity contribution in [2.75, 3.05) is 6.54 Å². The minimum Gasteiger partial charge on any atom is -0.330 e. The van der Waals surface area contributed by atoms with Gasteiger partial charge in [0, 0.05) is 4.47 Å². The van der Waals surface area contributed by atoms with E-state index in [0.29, 0.717) is 11.8 Å². The monoisotopic (exact) mass is 341 g/mol. The van der Waals surface area contributed by atoms with E-state index in [9.17, 15) is 4.39 Å². The third-order valence-corrected chi connectivity index (χ3v) is 5.30. The molecule has 2 rings (SSSR count). The van der Waals surface area contributed by atoms with Crippen molar-refractivity contribution in [1.82, 2.24) is 0 Å². The number of benzene rings is 1. The van der Waals surface area contributed by atoms with Gasteiger partial charge in [-0.1, -0.05) is 29.8 Å². The Kier molecular flexibility index (Phi) is 5.62. The molecule has 1 aliphatic carbocycles. The molecule has 0 amide bonds. The molecule has 20 heavy (non-hydrogen) atoms. The molecule has 1 saturated carbocycles. The van der Waals surface area contributed by atoms with Crippen LogP contribution in [-0.2, 0) is 6.42 Å². The van der Waals surface area contributed by atoms with E-state index in [1.807, 2.05) is 6.07 Å². The summed E-state index contributed by atoms with van der Waals surface area (Å²) in [6.45, 7) is 5.37. The van der Waals surface area contributed by atoms with E-state index in [1.165, 1.54) is 25.3 Å². The summed E-state index contributed by atoms with van der Waals surface area (Å²) in [7, 11) is 0. The maximum absolute atomic E-state index is 13.5. The highest BCUT2D eigenvalue weighted by molar-refractivity contribution is 9.10. The average Bonchev–Trinajstić information content (AvgIpc) is 2.37. The summed E-state index contributed by atoms with van der Waals surface area (Å²) in [4.78, 5) is 0. The predicted octanol–water partition coefficient (Wildman–Crippen LogP) is 4.78. The highest BCUT2D eigenvalue weighted by Gasteiger charge is 2.31. The normalized spacial score (nSPS) is 27.0. The van der Waals surface area contributed by atoms with Crippen LogP contribution in [-0.4, -0.2) is 6.54 Å². The average molecular weight is 342 g/mol. The molecule has 0 saturated heterocycles. The number of halogens is 2. The van der Waals surface area contributed by atoms with Crippen LogP contribution < -0.4 is 5.73 Å². The number of rotatable bonds is 4. The number of hydrogen-bond acceptors (Lipinski definition) is 1. The van der Waals surface area contributed by atoms with Crippen LogP contribution in [0.4, 0.5) is 4.39 Å². The standard InChI is InChI=1S/C17H25BrFN/c1-11(2)13-3-4-14(10-20)15(8-13)5-12-6-16(18)9-17(19)7-12/h6-7,9,11,13-15H,3-5,8,10,20H2,1-2H3. The zero-order valence-electron chi connectivity index (χ0n) is 12.4. The number of hydrogen-bond donors (Lipinski definition) is 1. The van der Waals surface area contributed by atoms with Gasteiger partial charge in [-0.05, 0) is 79.7 Å². The Hall–Kier alpha value is -0.410. The first-order chi connectivity index (χ1) is 9.49. The molecule has 112 valence electrons. The molecule has 0 aromatic heterocycles. The Morgan fingerprint density at radius 3 is 2.60 bits per heavy atom. The fourth-order valence-electron chi connectivity index (χ4n) is 3.56. The molecule has 3 heteroatoms. The first-order valence-corrected chi connectivity index (χ1v) is 8.44. The molecule has 0 bridgehead atoms. The maximum atomic E-state index is 13.5. The largest absolute Gasteiger partial charge is 0.330 e. The summed E-state index contributed by atoms with van der Waals surface area (Å²) >= 11 is 3.38. The zero-order chi connectivity index (χ0) is 14.7. The van der Waals surface area contributed by atoms with Crippen LogP contribution in [0.1, 0.15) is 38.7 Å². The van der Waals surface area contributed by atoms with Gasteiger partial charge < -0.3 is 5.73 Å². The van der Waals surface area contributed by atoms with Crippen LogP contribution in [0.25, 0.3) is 0 Å². The van der Waals surface area contributed by atoms with E-state index < -0.39 is 0 Å². The third-order valence-electron chi connectivity index (χ3n) is 4.85. The van der Waals surface area contributed by atoms with Gasteiger partial charge in [0.1, 0.15) is 5.82 Å². The summed E-state index contributed by atoms with van der Waals surface area (Å²) < 4.78 is 14.3. The summed E-state index contributed by atoms with van der Waals surface area (Å²) in [5.74, 6) is 2.55. The molecular formula is C17H25BrFN. The van der Waals surface area contributed by atoms with Crippen molar-refractivity contribution >= 4 is 15.9 Å². The molecule has 0 radical (unpaired) electrons. The second-order valence-corrected chi connectivity index (χ2v) is 7.47. The van der Waals surface area contributed by atoms with Gasteiger partial charge in [0.2, 0.25) is 0 Å². The molecule has 1 aliphatic rings. The van der Waals surface area contributed by atoms with Crippen molar-refractivity contribution in [3.05, 3.63) is 34.1 Å². The molecule has 1 aromatic carbocycles.